The Morgan fingerprint density at radius 1 is 1.53 bits per heavy atom. The molecule has 0 saturated carbocycles. The van der Waals surface area contributed by atoms with Crippen molar-refractivity contribution in [3.8, 4) is 0 Å². The van der Waals surface area contributed by atoms with Crippen LogP contribution in [0.1, 0.15) is 25.5 Å². The molecular formula is C12H14BrNO. The lowest BCUT2D eigenvalue weighted by atomic mass is 10.1. The number of hydrogen-bond acceptors (Lipinski definition) is 1. The summed E-state index contributed by atoms with van der Waals surface area (Å²) in [6.07, 6.45) is 3.25. The van der Waals surface area contributed by atoms with E-state index in [9.17, 15) is 4.79 Å². The largest absolute Gasteiger partial charge is 0.346 e. The molecule has 0 aromatic heterocycles. The molecule has 0 fully saturated rings. The van der Waals surface area contributed by atoms with Crippen LogP contribution in [0, 0.1) is 0 Å². The van der Waals surface area contributed by atoms with Gasteiger partial charge in [-0.2, -0.15) is 0 Å². The van der Waals surface area contributed by atoms with E-state index in [0.29, 0.717) is 0 Å². The van der Waals surface area contributed by atoms with Crippen molar-refractivity contribution in [2.45, 2.75) is 19.9 Å². The predicted octanol–water partition coefficient (Wildman–Crippen LogP) is 3.20. The maximum absolute atomic E-state index is 11.3. The summed E-state index contributed by atoms with van der Waals surface area (Å²) in [5.74, 6) is -0.0648. The summed E-state index contributed by atoms with van der Waals surface area (Å²) in [6, 6.07) is 7.93. The highest BCUT2D eigenvalue weighted by molar-refractivity contribution is 9.10. The number of allylic oxidation sites excluding steroid dienone is 1. The van der Waals surface area contributed by atoms with Crippen LogP contribution in [-0.2, 0) is 4.79 Å². The fourth-order valence-electron chi connectivity index (χ4n) is 1.27. The second-order valence-electron chi connectivity index (χ2n) is 3.29. The molecule has 1 amide bonds. The van der Waals surface area contributed by atoms with Gasteiger partial charge in [0.25, 0.3) is 0 Å². The Labute approximate surface area is 98.5 Å². The number of carbonyl (C=O) groups is 1. The molecule has 2 nitrogen and oxygen atoms in total. The molecule has 0 heterocycles. The van der Waals surface area contributed by atoms with Crippen LogP contribution in [0.25, 0.3) is 0 Å². The average Bonchev–Trinajstić information content (AvgIpc) is 2.18. The van der Waals surface area contributed by atoms with Crippen LogP contribution < -0.4 is 5.32 Å². The lowest BCUT2D eigenvalue weighted by Crippen LogP contribution is -2.24. The van der Waals surface area contributed by atoms with Gasteiger partial charge in [-0.05, 0) is 37.6 Å². The molecule has 3 heteroatoms. The zero-order chi connectivity index (χ0) is 11.3. The number of hydrogen-bond donors (Lipinski definition) is 1. The SMILES string of the molecule is C/C=C/C(=O)NC(C)c1cccc(Br)c1. The molecule has 0 aliphatic heterocycles. The standard InChI is InChI=1S/C12H14BrNO/c1-3-5-12(15)14-9(2)10-6-4-7-11(13)8-10/h3-9H,1-2H3,(H,14,15)/b5-3+. The maximum atomic E-state index is 11.3. The van der Waals surface area contributed by atoms with Crippen LogP contribution in [0.5, 0.6) is 0 Å². The van der Waals surface area contributed by atoms with E-state index in [-0.39, 0.29) is 11.9 Å². The molecular weight excluding hydrogens is 254 g/mol. The first kappa shape index (κ1) is 12.0. The summed E-state index contributed by atoms with van der Waals surface area (Å²) in [4.78, 5) is 11.3. The van der Waals surface area contributed by atoms with Crippen LogP contribution in [0.3, 0.4) is 0 Å². The van der Waals surface area contributed by atoms with Gasteiger partial charge in [0, 0.05) is 4.47 Å². The topological polar surface area (TPSA) is 29.1 Å². The summed E-state index contributed by atoms with van der Waals surface area (Å²) in [5.41, 5.74) is 1.09. The van der Waals surface area contributed by atoms with Crippen LogP contribution >= 0.6 is 15.9 Å². The molecule has 1 rings (SSSR count). The summed E-state index contributed by atoms with van der Waals surface area (Å²) < 4.78 is 1.02. The second kappa shape index (κ2) is 5.71. The third-order valence-electron chi connectivity index (χ3n) is 2.03. The third-order valence-corrected chi connectivity index (χ3v) is 2.52. The number of benzene rings is 1. The van der Waals surface area contributed by atoms with Crippen molar-refractivity contribution in [3.05, 3.63) is 46.5 Å². The molecule has 0 saturated heterocycles. The predicted molar refractivity (Wildman–Crippen MR) is 65.5 cm³/mol. The number of nitrogens with one attached hydrogen (secondary N) is 1. The molecule has 1 unspecified atom stereocenters. The number of amides is 1. The van der Waals surface area contributed by atoms with Gasteiger partial charge in [-0.3, -0.25) is 4.79 Å². The van der Waals surface area contributed by atoms with Crippen molar-refractivity contribution in [1.82, 2.24) is 5.32 Å². The quantitative estimate of drug-likeness (QED) is 0.838. The molecule has 1 aromatic rings. The normalized spacial score (nSPS) is 12.7. The van der Waals surface area contributed by atoms with Crippen molar-refractivity contribution in [2.75, 3.05) is 0 Å². The Morgan fingerprint density at radius 3 is 2.87 bits per heavy atom. The Bertz CT molecular complexity index is 374. The van der Waals surface area contributed by atoms with Gasteiger partial charge in [0.15, 0.2) is 0 Å². The Balaban J connectivity index is 2.68. The summed E-state index contributed by atoms with van der Waals surface area (Å²) in [5, 5.41) is 2.88. The highest BCUT2D eigenvalue weighted by atomic mass is 79.9. The lowest BCUT2D eigenvalue weighted by molar-refractivity contribution is -0.117. The van der Waals surface area contributed by atoms with E-state index in [1.54, 1.807) is 6.08 Å². The smallest absolute Gasteiger partial charge is 0.244 e. The number of rotatable bonds is 3. The van der Waals surface area contributed by atoms with E-state index in [1.807, 2.05) is 38.1 Å². The summed E-state index contributed by atoms with van der Waals surface area (Å²) in [7, 11) is 0. The van der Waals surface area contributed by atoms with Crippen molar-refractivity contribution in [2.24, 2.45) is 0 Å². The molecule has 80 valence electrons. The molecule has 0 aliphatic carbocycles. The van der Waals surface area contributed by atoms with Gasteiger partial charge in [-0.15, -0.1) is 0 Å². The van der Waals surface area contributed by atoms with Crippen molar-refractivity contribution >= 4 is 21.8 Å². The molecule has 1 atom stereocenters. The van der Waals surface area contributed by atoms with E-state index in [1.165, 1.54) is 6.08 Å². The molecule has 1 aromatic carbocycles. The van der Waals surface area contributed by atoms with Crippen molar-refractivity contribution in [3.63, 3.8) is 0 Å². The average molecular weight is 268 g/mol. The van der Waals surface area contributed by atoms with Gasteiger partial charge in [-0.1, -0.05) is 34.1 Å². The zero-order valence-corrected chi connectivity index (χ0v) is 10.4. The van der Waals surface area contributed by atoms with Crippen molar-refractivity contribution < 1.29 is 4.79 Å². The Hall–Kier alpha value is -1.09. The van der Waals surface area contributed by atoms with Gasteiger partial charge in [0.1, 0.15) is 0 Å². The van der Waals surface area contributed by atoms with Gasteiger partial charge in [0.05, 0.1) is 6.04 Å². The van der Waals surface area contributed by atoms with Crippen LogP contribution in [0.2, 0.25) is 0 Å². The molecule has 15 heavy (non-hydrogen) atoms. The van der Waals surface area contributed by atoms with Crippen molar-refractivity contribution in [1.29, 1.82) is 0 Å². The highest BCUT2D eigenvalue weighted by Gasteiger charge is 2.06. The molecule has 1 N–H and O–H groups in total. The van der Waals surface area contributed by atoms with Crippen LogP contribution in [-0.4, -0.2) is 5.91 Å². The first-order valence-corrected chi connectivity index (χ1v) is 5.61. The number of carbonyl (C=O) groups excluding carboxylic acids is 1. The van der Waals surface area contributed by atoms with E-state index in [4.69, 9.17) is 0 Å². The summed E-state index contributed by atoms with van der Waals surface area (Å²) in [6.45, 7) is 3.78. The molecule has 0 radical (unpaired) electrons. The zero-order valence-electron chi connectivity index (χ0n) is 8.83. The minimum Gasteiger partial charge on any atom is -0.346 e. The van der Waals surface area contributed by atoms with E-state index < -0.39 is 0 Å². The van der Waals surface area contributed by atoms with Gasteiger partial charge < -0.3 is 5.32 Å². The van der Waals surface area contributed by atoms with Crippen LogP contribution in [0.4, 0.5) is 0 Å². The van der Waals surface area contributed by atoms with Crippen LogP contribution in [0.15, 0.2) is 40.9 Å². The fourth-order valence-corrected chi connectivity index (χ4v) is 1.69. The van der Waals surface area contributed by atoms with Gasteiger partial charge in [0.2, 0.25) is 5.91 Å². The molecule has 0 spiro atoms. The third kappa shape index (κ3) is 3.88. The second-order valence-corrected chi connectivity index (χ2v) is 4.20. The van der Waals surface area contributed by atoms with Gasteiger partial charge >= 0.3 is 0 Å². The fraction of sp³-hybridized carbons (Fsp3) is 0.250. The molecule has 0 bridgehead atoms. The Kier molecular flexibility index (Phi) is 4.56. The molecule has 0 aliphatic rings. The lowest BCUT2D eigenvalue weighted by Gasteiger charge is -2.13. The first-order chi connectivity index (χ1) is 7.13. The van der Waals surface area contributed by atoms with E-state index >= 15 is 0 Å². The van der Waals surface area contributed by atoms with Gasteiger partial charge in [-0.25, -0.2) is 0 Å². The highest BCUT2D eigenvalue weighted by Crippen LogP contribution is 2.17. The van der Waals surface area contributed by atoms with E-state index in [2.05, 4.69) is 21.2 Å². The first-order valence-electron chi connectivity index (χ1n) is 4.82. The minimum atomic E-state index is -0.0648. The maximum Gasteiger partial charge on any atom is 0.244 e. The Morgan fingerprint density at radius 2 is 2.27 bits per heavy atom. The minimum absolute atomic E-state index is 0.0196. The monoisotopic (exact) mass is 267 g/mol. The van der Waals surface area contributed by atoms with E-state index in [0.717, 1.165) is 10.0 Å². The summed E-state index contributed by atoms with van der Waals surface area (Å²) >= 11 is 3.40. The number of halogens is 1.